The molecule has 0 aliphatic rings. The number of rotatable bonds is 6. The van der Waals surface area contributed by atoms with Crippen LogP contribution in [-0.2, 0) is 10.5 Å². The van der Waals surface area contributed by atoms with Crippen LogP contribution in [0.25, 0.3) is 11.2 Å². The molecule has 4 N–H and O–H groups in total. The van der Waals surface area contributed by atoms with E-state index < -0.39 is 24.4 Å². The van der Waals surface area contributed by atoms with E-state index in [1.54, 1.807) is 19.0 Å². The molecule has 2 rings (SSSR count). The molecule has 0 saturated heterocycles. The van der Waals surface area contributed by atoms with Crippen molar-refractivity contribution in [3.8, 4) is 0 Å². The predicted molar refractivity (Wildman–Crippen MR) is 82.8 cm³/mol. The molecule has 134 valence electrons. The molecule has 0 aliphatic carbocycles. The van der Waals surface area contributed by atoms with Crippen LogP contribution in [0.4, 0.5) is 20.5 Å². The maximum Gasteiger partial charge on any atom is 0.263 e. The smallest absolute Gasteiger partial charge is 0.263 e. The lowest BCUT2D eigenvalue weighted by molar-refractivity contribution is -0.256. The first-order valence-corrected chi connectivity index (χ1v) is 6.98. The third-order valence-corrected chi connectivity index (χ3v) is 3.75. The molecular formula is C13H20F2N6O3. The summed E-state index contributed by atoms with van der Waals surface area (Å²) in [5, 5.41) is 19.2. The summed E-state index contributed by atoms with van der Waals surface area (Å²) < 4.78 is 34.8. The van der Waals surface area contributed by atoms with Crippen molar-refractivity contribution in [2.75, 3.05) is 38.4 Å². The molecule has 0 aliphatic heterocycles. The van der Waals surface area contributed by atoms with Crippen LogP contribution in [-0.4, -0.2) is 69.5 Å². The number of nitrogens with zero attached hydrogens (tertiary/aromatic N) is 5. The number of aliphatic hydroxyl groups excluding tert-OH is 2. The fourth-order valence-electron chi connectivity index (χ4n) is 2.32. The molecule has 0 aromatic carbocycles. The quantitative estimate of drug-likeness (QED) is 0.656. The van der Waals surface area contributed by atoms with E-state index in [0.717, 1.165) is 24.9 Å². The van der Waals surface area contributed by atoms with Crippen molar-refractivity contribution in [3.63, 3.8) is 0 Å². The first-order valence-electron chi connectivity index (χ1n) is 6.98. The van der Waals surface area contributed by atoms with Gasteiger partial charge >= 0.3 is 0 Å². The second-order valence-electron chi connectivity index (χ2n) is 5.66. The number of hydrogen-bond donors (Lipinski definition) is 3. The highest BCUT2D eigenvalue weighted by atomic mass is 19.2. The molecule has 0 spiro atoms. The fourth-order valence-corrected chi connectivity index (χ4v) is 2.32. The fraction of sp³-hybridized carbons (Fsp3) is 0.615. The highest BCUT2D eigenvalue weighted by Crippen LogP contribution is 2.35. The monoisotopic (exact) mass is 346 g/mol. The van der Waals surface area contributed by atoms with Gasteiger partial charge < -0.3 is 25.6 Å². The Morgan fingerprint density at radius 2 is 2.04 bits per heavy atom. The van der Waals surface area contributed by atoms with Crippen LogP contribution in [0.15, 0.2) is 6.33 Å². The summed E-state index contributed by atoms with van der Waals surface area (Å²) >= 11 is 0. The van der Waals surface area contributed by atoms with Gasteiger partial charge in [0.2, 0.25) is 11.7 Å². The normalized spacial score (nSPS) is 18.2. The molecule has 2 aromatic rings. The Kier molecular flexibility index (Phi) is 4.61. The van der Waals surface area contributed by atoms with E-state index in [-0.39, 0.29) is 17.1 Å². The summed E-state index contributed by atoms with van der Waals surface area (Å²) in [5.41, 5.74) is 5.82. The standard InChI is InChI=1S/C13H20F2N6O3/c1-12(14,10(23)13(15,5-22)24-4)21-6-17-7-8(20(2)3)18-11(16)19-9(7)21/h6,10,22-23H,5H2,1-4H3,(H2,16,18,19)/t10?,12-,13+/m0/s1. The summed E-state index contributed by atoms with van der Waals surface area (Å²) in [7, 11) is 4.28. The van der Waals surface area contributed by atoms with Crippen molar-refractivity contribution in [3.05, 3.63) is 6.33 Å². The zero-order valence-corrected chi connectivity index (χ0v) is 13.7. The van der Waals surface area contributed by atoms with Crippen molar-refractivity contribution < 1.29 is 23.7 Å². The number of nitrogen functional groups attached to an aromatic ring is 1. The lowest BCUT2D eigenvalue weighted by atomic mass is 10.0. The highest BCUT2D eigenvalue weighted by Gasteiger charge is 2.52. The SMILES string of the molecule is CO[C@](F)(CO)C(O)[C@@](C)(F)n1cnc2c(N(C)C)nc(N)nc21. The van der Waals surface area contributed by atoms with Crippen LogP contribution in [0.1, 0.15) is 6.92 Å². The van der Waals surface area contributed by atoms with Crippen LogP contribution in [0.3, 0.4) is 0 Å². The summed E-state index contributed by atoms with van der Waals surface area (Å²) in [4.78, 5) is 13.6. The second kappa shape index (κ2) is 6.07. The maximum absolute atomic E-state index is 15.2. The molecule has 0 fully saturated rings. The third kappa shape index (κ3) is 2.74. The molecule has 3 atom stereocenters. The zero-order valence-electron chi connectivity index (χ0n) is 13.7. The van der Waals surface area contributed by atoms with Gasteiger partial charge in [-0.25, -0.2) is 13.8 Å². The minimum Gasteiger partial charge on any atom is -0.390 e. The maximum atomic E-state index is 15.2. The minimum absolute atomic E-state index is 0.0355. The van der Waals surface area contributed by atoms with Gasteiger partial charge in [0.15, 0.2) is 23.1 Å². The van der Waals surface area contributed by atoms with Crippen molar-refractivity contribution in [2.24, 2.45) is 0 Å². The van der Waals surface area contributed by atoms with Gasteiger partial charge in [-0.2, -0.15) is 9.97 Å². The van der Waals surface area contributed by atoms with E-state index in [2.05, 4.69) is 19.7 Å². The van der Waals surface area contributed by atoms with E-state index >= 15 is 4.39 Å². The van der Waals surface area contributed by atoms with Crippen LogP contribution >= 0.6 is 0 Å². The molecule has 0 saturated carbocycles. The number of nitrogens with two attached hydrogens (primary N) is 1. The zero-order chi connectivity index (χ0) is 18.3. The van der Waals surface area contributed by atoms with Gasteiger partial charge in [0, 0.05) is 21.2 Å². The summed E-state index contributed by atoms with van der Waals surface area (Å²) in [6.07, 6.45) is -1.32. The number of aliphatic hydroxyl groups is 2. The Morgan fingerprint density at radius 3 is 2.54 bits per heavy atom. The molecule has 11 heteroatoms. The van der Waals surface area contributed by atoms with Gasteiger partial charge in [0.05, 0.1) is 6.33 Å². The van der Waals surface area contributed by atoms with E-state index in [1.165, 1.54) is 0 Å². The molecule has 1 unspecified atom stereocenters. The molecule has 9 nitrogen and oxygen atoms in total. The number of ether oxygens (including phenoxy) is 1. The Hall–Kier alpha value is -2.11. The number of hydrogen-bond acceptors (Lipinski definition) is 8. The number of methoxy groups -OCH3 is 1. The molecular weight excluding hydrogens is 326 g/mol. The lowest BCUT2D eigenvalue weighted by Gasteiger charge is -2.35. The Morgan fingerprint density at radius 1 is 1.42 bits per heavy atom. The number of anilines is 2. The minimum atomic E-state index is -3.01. The topological polar surface area (TPSA) is 123 Å². The average Bonchev–Trinajstić information content (AvgIpc) is 2.96. The van der Waals surface area contributed by atoms with Crippen molar-refractivity contribution in [2.45, 2.75) is 24.7 Å². The summed E-state index contributed by atoms with van der Waals surface area (Å²) in [5.74, 6) is -5.56. The number of alkyl halides is 2. The van der Waals surface area contributed by atoms with E-state index in [4.69, 9.17) is 10.8 Å². The lowest BCUT2D eigenvalue weighted by Crippen LogP contribution is -2.54. The first kappa shape index (κ1) is 18.2. The Labute approximate surface area is 136 Å². The molecule has 0 radical (unpaired) electrons. The number of aromatic nitrogens is 4. The largest absolute Gasteiger partial charge is 0.390 e. The van der Waals surface area contributed by atoms with Gasteiger partial charge in [-0.15, -0.1) is 0 Å². The van der Waals surface area contributed by atoms with Crippen molar-refractivity contribution >= 4 is 22.9 Å². The Balaban J connectivity index is 2.63. The molecule has 0 amide bonds. The van der Waals surface area contributed by atoms with Gasteiger partial charge in [-0.1, -0.05) is 0 Å². The second-order valence-corrected chi connectivity index (χ2v) is 5.66. The van der Waals surface area contributed by atoms with Crippen LogP contribution in [0.2, 0.25) is 0 Å². The molecule has 2 heterocycles. The summed E-state index contributed by atoms with van der Waals surface area (Å²) in [6.45, 7) is -0.327. The van der Waals surface area contributed by atoms with E-state index in [1.807, 2.05) is 0 Å². The highest BCUT2D eigenvalue weighted by molar-refractivity contribution is 5.84. The number of halogens is 2. The average molecular weight is 346 g/mol. The van der Waals surface area contributed by atoms with E-state index in [9.17, 15) is 9.50 Å². The van der Waals surface area contributed by atoms with Crippen LogP contribution < -0.4 is 10.6 Å². The van der Waals surface area contributed by atoms with Crippen molar-refractivity contribution in [1.82, 2.24) is 19.5 Å². The number of fused-ring (bicyclic) bond motifs is 1. The predicted octanol–water partition coefficient (Wildman–Crippen LogP) is -0.218. The first-order chi connectivity index (χ1) is 11.1. The van der Waals surface area contributed by atoms with Crippen molar-refractivity contribution in [1.29, 1.82) is 0 Å². The van der Waals surface area contributed by atoms with Gasteiger partial charge in [-0.05, 0) is 6.92 Å². The third-order valence-electron chi connectivity index (χ3n) is 3.75. The van der Waals surface area contributed by atoms with Gasteiger partial charge in [0.25, 0.3) is 5.85 Å². The Bertz CT molecular complexity index is 732. The van der Waals surface area contributed by atoms with Crippen LogP contribution in [0, 0.1) is 0 Å². The van der Waals surface area contributed by atoms with Crippen LogP contribution in [0.5, 0.6) is 0 Å². The number of imidazole rings is 1. The summed E-state index contributed by atoms with van der Waals surface area (Å²) in [6, 6.07) is 0. The molecule has 0 bridgehead atoms. The molecule has 2 aromatic heterocycles. The van der Waals surface area contributed by atoms with Gasteiger partial charge in [0.1, 0.15) is 6.61 Å². The molecule has 24 heavy (non-hydrogen) atoms. The van der Waals surface area contributed by atoms with E-state index in [0.29, 0.717) is 5.82 Å². The van der Waals surface area contributed by atoms with Gasteiger partial charge in [-0.3, -0.25) is 4.57 Å².